The molecule has 23 heavy (non-hydrogen) atoms. The third-order valence-electron chi connectivity index (χ3n) is 4.07. The number of nitrogens with zero attached hydrogens (tertiary/aromatic N) is 3. The molecule has 0 radical (unpaired) electrons. The van der Waals surface area contributed by atoms with Crippen molar-refractivity contribution >= 4 is 5.91 Å². The molecule has 0 saturated heterocycles. The lowest BCUT2D eigenvalue weighted by molar-refractivity contribution is -0.123. The number of rotatable bonds is 7. The fourth-order valence-electron chi connectivity index (χ4n) is 2.81. The maximum absolute atomic E-state index is 12.8. The van der Waals surface area contributed by atoms with Gasteiger partial charge in [0.1, 0.15) is 0 Å². The van der Waals surface area contributed by atoms with Gasteiger partial charge in [-0.3, -0.25) is 9.48 Å². The highest BCUT2D eigenvalue weighted by Gasteiger charge is 2.24. The second-order valence-corrected chi connectivity index (χ2v) is 6.32. The topological polar surface area (TPSA) is 50.2 Å². The van der Waals surface area contributed by atoms with Crippen molar-refractivity contribution in [1.82, 2.24) is 20.0 Å². The summed E-state index contributed by atoms with van der Waals surface area (Å²) >= 11 is 0. The summed E-state index contributed by atoms with van der Waals surface area (Å²) in [4.78, 5) is 15.0. The Morgan fingerprint density at radius 2 is 1.91 bits per heavy atom. The van der Waals surface area contributed by atoms with Crippen LogP contribution in [0, 0.1) is 5.92 Å². The predicted octanol–water partition coefficient (Wildman–Crippen LogP) is 2.17. The Labute approximate surface area is 138 Å². The molecule has 1 aromatic carbocycles. The van der Waals surface area contributed by atoms with Crippen LogP contribution in [0.3, 0.4) is 0 Å². The largest absolute Gasteiger partial charge is 0.352 e. The van der Waals surface area contributed by atoms with Crippen LogP contribution in [0.15, 0.2) is 48.8 Å². The summed E-state index contributed by atoms with van der Waals surface area (Å²) in [5.41, 5.74) is 0.930. The van der Waals surface area contributed by atoms with Gasteiger partial charge in [-0.05, 0) is 31.6 Å². The van der Waals surface area contributed by atoms with Crippen LogP contribution in [0.1, 0.15) is 25.5 Å². The number of carbonyl (C=O) groups excluding carboxylic acids is 1. The Hall–Kier alpha value is -2.14. The number of benzene rings is 1. The smallest absolute Gasteiger partial charge is 0.249 e. The highest BCUT2D eigenvalue weighted by Crippen LogP contribution is 2.17. The molecule has 0 bridgehead atoms. The number of carbonyl (C=O) groups is 1. The van der Waals surface area contributed by atoms with E-state index in [1.165, 1.54) is 0 Å². The molecule has 5 heteroatoms. The van der Waals surface area contributed by atoms with Crippen molar-refractivity contribution in [3.05, 3.63) is 54.4 Å². The summed E-state index contributed by atoms with van der Waals surface area (Å²) < 4.78 is 1.70. The van der Waals surface area contributed by atoms with E-state index < -0.39 is 6.04 Å². The highest BCUT2D eigenvalue weighted by atomic mass is 16.2. The van der Waals surface area contributed by atoms with Crippen molar-refractivity contribution in [1.29, 1.82) is 0 Å². The first-order valence-corrected chi connectivity index (χ1v) is 7.99. The molecule has 0 aliphatic heterocycles. The zero-order valence-electron chi connectivity index (χ0n) is 14.3. The Morgan fingerprint density at radius 3 is 2.43 bits per heavy atom. The van der Waals surface area contributed by atoms with Gasteiger partial charge in [0, 0.05) is 25.0 Å². The maximum Gasteiger partial charge on any atom is 0.249 e. The van der Waals surface area contributed by atoms with Gasteiger partial charge in [-0.2, -0.15) is 5.10 Å². The van der Waals surface area contributed by atoms with Crippen molar-refractivity contribution in [3.8, 4) is 0 Å². The number of aromatic nitrogens is 2. The molecular formula is C18H26N4O. The summed E-state index contributed by atoms with van der Waals surface area (Å²) in [6, 6.07) is 11.4. The molecule has 0 unspecified atom stereocenters. The monoisotopic (exact) mass is 314 g/mol. The summed E-state index contributed by atoms with van der Waals surface area (Å²) in [6.07, 6.45) is 3.52. The first-order chi connectivity index (χ1) is 11.0. The molecule has 0 fully saturated rings. The van der Waals surface area contributed by atoms with Crippen LogP contribution < -0.4 is 5.32 Å². The molecule has 2 rings (SSSR count). The van der Waals surface area contributed by atoms with E-state index in [0.29, 0.717) is 18.5 Å². The lowest BCUT2D eigenvalue weighted by atomic mass is 10.0. The quantitative estimate of drug-likeness (QED) is 0.852. The van der Waals surface area contributed by atoms with Gasteiger partial charge in [-0.15, -0.1) is 0 Å². The first kappa shape index (κ1) is 17.2. The van der Waals surface area contributed by atoms with E-state index >= 15 is 0 Å². The zero-order valence-corrected chi connectivity index (χ0v) is 14.3. The third-order valence-corrected chi connectivity index (χ3v) is 4.07. The Balaban J connectivity index is 2.15. The van der Waals surface area contributed by atoms with Crippen molar-refractivity contribution in [3.63, 3.8) is 0 Å². The van der Waals surface area contributed by atoms with Gasteiger partial charge in [0.15, 0.2) is 6.04 Å². The van der Waals surface area contributed by atoms with Gasteiger partial charge in [-0.1, -0.05) is 44.2 Å². The molecule has 1 heterocycles. The van der Waals surface area contributed by atoms with E-state index in [0.717, 1.165) is 5.56 Å². The van der Waals surface area contributed by atoms with Crippen molar-refractivity contribution in [2.75, 3.05) is 20.6 Å². The van der Waals surface area contributed by atoms with Crippen LogP contribution in [0.2, 0.25) is 0 Å². The molecule has 124 valence electrons. The molecule has 1 aromatic heterocycles. The number of amides is 1. The van der Waals surface area contributed by atoms with Crippen LogP contribution in [0.25, 0.3) is 0 Å². The fourth-order valence-corrected chi connectivity index (χ4v) is 2.81. The van der Waals surface area contributed by atoms with E-state index in [-0.39, 0.29) is 5.91 Å². The Kier molecular flexibility index (Phi) is 5.93. The second kappa shape index (κ2) is 7.92. The summed E-state index contributed by atoms with van der Waals surface area (Å²) in [5, 5.41) is 7.35. The van der Waals surface area contributed by atoms with Crippen molar-refractivity contribution in [2.24, 2.45) is 5.92 Å². The van der Waals surface area contributed by atoms with E-state index in [4.69, 9.17) is 0 Å². The van der Waals surface area contributed by atoms with Gasteiger partial charge in [0.05, 0.1) is 0 Å². The minimum absolute atomic E-state index is 0.0348. The van der Waals surface area contributed by atoms with E-state index in [1.54, 1.807) is 10.9 Å². The van der Waals surface area contributed by atoms with Crippen LogP contribution in [-0.2, 0) is 4.79 Å². The van der Waals surface area contributed by atoms with Gasteiger partial charge >= 0.3 is 0 Å². The number of likely N-dealkylation sites (N-methyl/N-ethyl adjacent to an activating group) is 1. The number of hydrogen-bond acceptors (Lipinski definition) is 3. The Morgan fingerprint density at radius 1 is 1.22 bits per heavy atom. The van der Waals surface area contributed by atoms with Gasteiger partial charge < -0.3 is 10.2 Å². The lowest BCUT2D eigenvalue weighted by Crippen LogP contribution is -2.45. The molecule has 2 atom stereocenters. The van der Waals surface area contributed by atoms with Gasteiger partial charge in [0.2, 0.25) is 5.91 Å². The van der Waals surface area contributed by atoms with Crippen molar-refractivity contribution < 1.29 is 4.79 Å². The van der Waals surface area contributed by atoms with Crippen LogP contribution in [0.4, 0.5) is 0 Å². The highest BCUT2D eigenvalue weighted by molar-refractivity contribution is 5.83. The molecule has 1 amide bonds. The maximum atomic E-state index is 12.8. The predicted molar refractivity (Wildman–Crippen MR) is 92.1 cm³/mol. The third kappa shape index (κ3) is 4.42. The molecular weight excluding hydrogens is 288 g/mol. The molecule has 0 aliphatic rings. The van der Waals surface area contributed by atoms with Crippen LogP contribution >= 0.6 is 0 Å². The SMILES string of the molecule is CC(C)[C@@H](CNC(=O)[C@H](c1ccccc1)n1cccn1)N(C)C. The Bertz CT molecular complexity index is 585. The molecule has 2 aromatic rings. The molecule has 0 spiro atoms. The standard InChI is InChI=1S/C18H26N4O/c1-14(2)16(21(3)4)13-19-18(23)17(22-12-8-11-20-22)15-9-6-5-7-10-15/h5-12,14,16-17H,13H2,1-4H3,(H,19,23)/t16-,17+/m1/s1. The second-order valence-electron chi connectivity index (χ2n) is 6.32. The minimum Gasteiger partial charge on any atom is -0.352 e. The molecule has 1 N–H and O–H groups in total. The lowest BCUT2D eigenvalue weighted by Gasteiger charge is -2.29. The first-order valence-electron chi connectivity index (χ1n) is 7.99. The van der Waals surface area contributed by atoms with Gasteiger partial charge in [-0.25, -0.2) is 0 Å². The van der Waals surface area contributed by atoms with E-state index in [9.17, 15) is 4.79 Å². The van der Waals surface area contributed by atoms with E-state index in [1.807, 2.05) is 56.7 Å². The minimum atomic E-state index is -0.443. The van der Waals surface area contributed by atoms with Crippen molar-refractivity contribution in [2.45, 2.75) is 25.9 Å². The normalized spacial score (nSPS) is 14.0. The summed E-state index contributed by atoms with van der Waals surface area (Å²) in [5.74, 6) is 0.428. The number of hydrogen-bond donors (Lipinski definition) is 1. The molecule has 0 saturated carbocycles. The average molecular weight is 314 g/mol. The van der Waals surface area contributed by atoms with Gasteiger partial charge in [0.25, 0.3) is 0 Å². The molecule has 0 aliphatic carbocycles. The summed E-state index contributed by atoms with van der Waals surface area (Å²) in [7, 11) is 4.08. The molecule has 5 nitrogen and oxygen atoms in total. The average Bonchev–Trinajstić information content (AvgIpc) is 3.02. The zero-order chi connectivity index (χ0) is 16.8. The van der Waals surface area contributed by atoms with Crippen LogP contribution in [0.5, 0.6) is 0 Å². The fraction of sp³-hybridized carbons (Fsp3) is 0.444. The summed E-state index contributed by atoms with van der Waals surface area (Å²) in [6.45, 7) is 4.95. The van der Waals surface area contributed by atoms with E-state index in [2.05, 4.69) is 29.2 Å². The number of nitrogens with one attached hydrogen (secondary N) is 1. The van der Waals surface area contributed by atoms with Crippen LogP contribution in [-0.4, -0.2) is 47.3 Å².